The van der Waals surface area contributed by atoms with E-state index in [2.05, 4.69) is 37.0 Å². The summed E-state index contributed by atoms with van der Waals surface area (Å²) >= 11 is 6.64. The van der Waals surface area contributed by atoms with Crippen molar-refractivity contribution in [2.75, 3.05) is 0 Å². The van der Waals surface area contributed by atoms with E-state index in [0.29, 0.717) is 10.2 Å². The van der Waals surface area contributed by atoms with E-state index in [9.17, 15) is 10.1 Å². The first-order valence-corrected chi connectivity index (χ1v) is 7.24. The lowest BCUT2D eigenvalue weighted by Gasteiger charge is -2.09. The van der Waals surface area contributed by atoms with Crippen molar-refractivity contribution in [3.05, 3.63) is 48.6 Å². The van der Waals surface area contributed by atoms with Crippen LogP contribution >= 0.6 is 31.9 Å². The van der Waals surface area contributed by atoms with E-state index < -0.39 is 4.92 Å². The molecule has 0 aliphatic heterocycles. The number of aryl methyl sites for hydroxylation is 2. The molecule has 0 bridgehead atoms. The summed E-state index contributed by atoms with van der Waals surface area (Å²) < 4.78 is 8.57. The van der Waals surface area contributed by atoms with Crippen LogP contribution in [0.15, 0.2) is 27.1 Å². The van der Waals surface area contributed by atoms with Gasteiger partial charge in [0.2, 0.25) is 0 Å². The quantitative estimate of drug-likeness (QED) is 0.574. The van der Waals surface area contributed by atoms with Crippen molar-refractivity contribution in [2.24, 2.45) is 7.05 Å². The third-order valence-electron chi connectivity index (χ3n) is 2.77. The summed E-state index contributed by atoms with van der Waals surface area (Å²) in [6.45, 7) is 2.15. The molecule has 0 spiro atoms. The van der Waals surface area contributed by atoms with Gasteiger partial charge in [0.05, 0.1) is 20.8 Å². The molecule has 0 fully saturated rings. The molecule has 1 aromatic heterocycles. The Kier molecular flexibility index (Phi) is 4.44. The molecule has 0 amide bonds. The Bertz CT molecular complexity index is 670. The predicted molar refractivity (Wildman–Crippen MR) is 80.8 cm³/mol. The van der Waals surface area contributed by atoms with E-state index in [1.54, 1.807) is 16.8 Å². The molecule has 20 heavy (non-hydrogen) atoms. The smallest absolute Gasteiger partial charge is 0.287 e. The Morgan fingerprint density at radius 2 is 2.10 bits per heavy atom. The zero-order valence-corrected chi connectivity index (χ0v) is 13.9. The number of nitro groups is 1. The van der Waals surface area contributed by atoms with Crippen LogP contribution in [0.2, 0.25) is 0 Å². The van der Waals surface area contributed by atoms with E-state index in [4.69, 9.17) is 4.74 Å². The third kappa shape index (κ3) is 2.85. The summed E-state index contributed by atoms with van der Waals surface area (Å²) in [6.07, 6.45) is 0. The predicted octanol–water partition coefficient (Wildman–Crippen LogP) is 3.74. The van der Waals surface area contributed by atoms with Crippen LogP contribution in [0.25, 0.3) is 0 Å². The molecule has 6 nitrogen and oxygen atoms in total. The fraction of sp³-hybridized carbons (Fsp3) is 0.250. The second-order valence-corrected chi connectivity index (χ2v) is 5.69. The number of nitro benzene ring substituents is 1. The molecule has 0 aliphatic rings. The van der Waals surface area contributed by atoms with Crippen LogP contribution in [0.4, 0.5) is 5.69 Å². The minimum atomic E-state index is -0.457. The molecular weight excluding hydrogens is 394 g/mol. The Hall–Kier alpha value is -1.41. The van der Waals surface area contributed by atoms with Crippen molar-refractivity contribution in [3.63, 3.8) is 0 Å². The summed E-state index contributed by atoms with van der Waals surface area (Å²) in [6, 6.07) is 4.68. The maximum absolute atomic E-state index is 10.9. The van der Waals surface area contributed by atoms with E-state index in [-0.39, 0.29) is 12.3 Å². The van der Waals surface area contributed by atoms with Gasteiger partial charge < -0.3 is 4.74 Å². The SMILES string of the molecule is Cc1nn(C)c(COc2cccc([N+](=O)[O-])c2Br)c1Br. The molecule has 2 rings (SSSR count). The van der Waals surface area contributed by atoms with Gasteiger partial charge in [0, 0.05) is 13.1 Å². The molecule has 0 saturated heterocycles. The number of rotatable bonds is 4. The highest BCUT2D eigenvalue weighted by Crippen LogP contribution is 2.34. The van der Waals surface area contributed by atoms with Crippen molar-refractivity contribution >= 4 is 37.5 Å². The van der Waals surface area contributed by atoms with Gasteiger partial charge in [0.1, 0.15) is 16.8 Å². The second-order valence-electron chi connectivity index (χ2n) is 4.10. The normalized spacial score (nSPS) is 10.6. The van der Waals surface area contributed by atoms with Crippen LogP contribution in [0.5, 0.6) is 5.75 Å². The number of hydrogen-bond acceptors (Lipinski definition) is 4. The van der Waals surface area contributed by atoms with Crippen LogP contribution in [-0.4, -0.2) is 14.7 Å². The molecule has 8 heteroatoms. The van der Waals surface area contributed by atoms with Crippen molar-refractivity contribution in [3.8, 4) is 5.75 Å². The molecular formula is C12H11Br2N3O3. The fourth-order valence-corrected chi connectivity index (χ4v) is 2.71. The monoisotopic (exact) mass is 403 g/mol. The molecule has 0 aliphatic carbocycles. The van der Waals surface area contributed by atoms with Gasteiger partial charge >= 0.3 is 0 Å². The summed E-state index contributed by atoms with van der Waals surface area (Å²) in [5, 5.41) is 15.1. The lowest BCUT2D eigenvalue weighted by molar-refractivity contribution is -0.385. The maximum Gasteiger partial charge on any atom is 0.287 e. The van der Waals surface area contributed by atoms with Gasteiger partial charge in [0.15, 0.2) is 0 Å². The fourth-order valence-electron chi connectivity index (χ4n) is 1.73. The summed E-state index contributed by atoms with van der Waals surface area (Å²) in [5.74, 6) is 0.421. The number of ether oxygens (including phenoxy) is 1. The highest BCUT2D eigenvalue weighted by Gasteiger charge is 2.17. The third-order valence-corrected chi connectivity index (χ3v) is 4.59. The van der Waals surface area contributed by atoms with Gasteiger partial charge in [0.25, 0.3) is 5.69 Å². The standard InChI is InChI=1S/C12H11Br2N3O3/c1-7-11(13)9(16(2)15-7)6-20-10-5-3-4-8(12(10)14)17(18)19/h3-5H,6H2,1-2H3. The van der Waals surface area contributed by atoms with Crippen molar-refractivity contribution in [1.82, 2.24) is 9.78 Å². The van der Waals surface area contributed by atoms with E-state index in [0.717, 1.165) is 15.9 Å². The van der Waals surface area contributed by atoms with Gasteiger partial charge in [-0.25, -0.2) is 0 Å². The van der Waals surface area contributed by atoms with Gasteiger partial charge in [-0.1, -0.05) is 6.07 Å². The maximum atomic E-state index is 10.9. The van der Waals surface area contributed by atoms with Gasteiger partial charge in [-0.15, -0.1) is 0 Å². The van der Waals surface area contributed by atoms with Gasteiger partial charge in [-0.2, -0.15) is 5.10 Å². The molecule has 106 valence electrons. The molecule has 0 atom stereocenters. The van der Waals surface area contributed by atoms with Crippen LogP contribution in [-0.2, 0) is 13.7 Å². The summed E-state index contributed by atoms with van der Waals surface area (Å²) in [7, 11) is 1.82. The minimum absolute atomic E-state index is 0.0252. The van der Waals surface area contributed by atoms with Gasteiger partial charge in [-0.3, -0.25) is 14.8 Å². The lowest BCUT2D eigenvalue weighted by atomic mass is 10.3. The van der Waals surface area contributed by atoms with Crippen molar-refractivity contribution in [2.45, 2.75) is 13.5 Å². The summed E-state index contributed by atoms with van der Waals surface area (Å²) in [5.41, 5.74) is 1.70. The molecule has 1 heterocycles. The number of nitrogens with zero attached hydrogens (tertiary/aromatic N) is 3. The summed E-state index contributed by atoms with van der Waals surface area (Å²) in [4.78, 5) is 10.4. The van der Waals surface area contributed by atoms with Gasteiger partial charge in [-0.05, 0) is 44.8 Å². The van der Waals surface area contributed by atoms with Crippen LogP contribution < -0.4 is 4.74 Å². The topological polar surface area (TPSA) is 70.2 Å². The van der Waals surface area contributed by atoms with E-state index in [1.807, 2.05) is 14.0 Å². The van der Waals surface area contributed by atoms with E-state index >= 15 is 0 Å². The molecule has 0 radical (unpaired) electrons. The minimum Gasteiger partial charge on any atom is -0.486 e. The van der Waals surface area contributed by atoms with Crippen LogP contribution in [0.1, 0.15) is 11.4 Å². The zero-order chi connectivity index (χ0) is 14.9. The number of hydrogen-bond donors (Lipinski definition) is 0. The lowest BCUT2D eigenvalue weighted by Crippen LogP contribution is -2.04. The highest BCUT2D eigenvalue weighted by atomic mass is 79.9. The number of benzene rings is 1. The first-order valence-electron chi connectivity index (χ1n) is 5.65. The Balaban J connectivity index is 2.23. The van der Waals surface area contributed by atoms with Crippen LogP contribution in [0.3, 0.4) is 0 Å². The molecule has 0 N–H and O–H groups in total. The van der Waals surface area contributed by atoms with Crippen molar-refractivity contribution < 1.29 is 9.66 Å². The Labute approximate surface area is 132 Å². The highest BCUT2D eigenvalue weighted by molar-refractivity contribution is 9.11. The molecule has 2 aromatic rings. The number of aromatic nitrogens is 2. The Morgan fingerprint density at radius 1 is 1.40 bits per heavy atom. The van der Waals surface area contributed by atoms with Crippen molar-refractivity contribution in [1.29, 1.82) is 0 Å². The molecule has 0 unspecified atom stereocenters. The second kappa shape index (κ2) is 5.92. The molecule has 0 saturated carbocycles. The average Bonchev–Trinajstić information content (AvgIpc) is 2.62. The first-order chi connectivity index (χ1) is 9.41. The van der Waals surface area contributed by atoms with E-state index in [1.165, 1.54) is 6.07 Å². The van der Waals surface area contributed by atoms with Crippen LogP contribution in [0, 0.1) is 17.0 Å². The largest absolute Gasteiger partial charge is 0.486 e. The first kappa shape index (κ1) is 15.0. The zero-order valence-electron chi connectivity index (χ0n) is 10.8. The number of halogens is 2. The Morgan fingerprint density at radius 3 is 2.65 bits per heavy atom. The molecule has 1 aromatic carbocycles. The average molecular weight is 405 g/mol.